The molecule has 1 aromatic heterocycles. The molecule has 0 aliphatic rings. The highest BCUT2D eigenvalue weighted by molar-refractivity contribution is 5.90. The molecule has 0 N–H and O–H groups in total. The van der Waals surface area contributed by atoms with Gasteiger partial charge in [-0.05, 0) is 31.9 Å². The lowest BCUT2D eigenvalue weighted by Crippen LogP contribution is -2.14. The van der Waals surface area contributed by atoms with Gasteiger partial charge in [-0.15, -0.1) is 0 Å². The lowest BCUT2D eigenvalue weighted by atomic mass is 10.2. The number of esters is 1. The number of rotatable bonds is 7. The van der Waals surface area contributed by atoms with Gasteiger partial charge in [0.1, 0.15) is 11.6 Å². The molecule has 5 nitrogen and oxygen atoms in total. The van der Waals surface area contributed by atoms with E-state index in [9.17, 15) is 4.79 Å². The van der Waals surface area contributed by atoms with E-state index in [1.54, 1.807) is 7.11 Å². The molecule has 0 spiro atoms. The number of imidazole rings is 1. The van der Waals surface area contributed by atoms with Crippen LogP contribution in [0.2, 0.25) is 0 Å². The van der Waals surface area contributed by atoms with E-state index in [0.29, 0.717) is 24.5 Å². The number of benzene rings is 1. The highest BCUT2D eigenvalue weighted by atomic mass is 16.5. The van der Waals surface area contributed by atoms with Crippen molar-refractivity contribution in [2.24, 2.45) is 0 Å². The molecule has 0 atom stereocenters. The standard InChI is InChI=1S/C18H24N2O3/c1-5-10-20-16(18(21)23-11-6-2)13(3)19-17(20)14-8-7-9-15(12-14)22-4/h7-9,12H,5-6,10-11H2,1-4H3. The first-order chi connectivity index (χ1) is 11.1. The van der Waals surface area contributed by atoms with Crippen LogP contribution < -0.4 is 4.74 Å². The van der Waals surface area contributed by atoms with Gasteiger partial charge in [0.2, 0.25) is 0 Å². The van der Waals surface area contributed by atoms with Crippen LogP contribution in [0.15, 0.2) is 24.3 Å². The second-order valence-corrected chi connectivity index (χ2v) is 5.39. The van der Waals surface area contributed by atoms with Crippen molar-refractivity contribution in [3.05, 3.63) is 35.7 Å². The molecule has 0 unspecified atom stereocenters. The van der Waals surface area contributed by atoms with Crippen LogP contribution in [0.25, 0.3) is 11.4 Å². The monoisotopic (exact) mass is 316 g/mol. The van der Waals surface area contributed by atoms with Gasteiger partial charge < -0.3 is 14.0 Å². The molecular formula is C18H24N2O3. The van der Waals surface area contributed by atoms with Crippen LogP contribution in [0.5, 0.6) is 5.75 Å². The Morgan fingerprint density at radius 2 is 2.04 bits per heavy atom. The molecule has 1 heterocycles. The molecule has 0 amide bonds. The second kappa shape index (κ2) is 7.81. The van der Waals surface area contributed by atoms with Crippen molar-refractivity contribution in [3.8, 4) is 17.1 Å². The van der Waals surface area contributed by atoms with E-state index in [4.69, 9.17) is 9.47 Å². The minimum absolute atomic E-state index is 0.306. The van der Waals surface area contributed by atoms with Crippen molar-refractivity contribution >= 4 is 5.97 Å². The molecule has 124 valence electrons. The second-order valence-electron chi connectivity index (χ2n) is 5.39. The zero-order valence-corrected chi connectivity index (χ0v) is 14.3. The van der Waals surface area contributed by atoms with E-state index in [2.05, 4.69) is 11.9 Å². The highest BCUT2D eigenvalue weighted by Crippen LogP contribution is 2.26. The zero-order valence-electron chi connectivity index (χ0n) is 14.3. The first-order valence-corrected chi connectivity index (χ1v) is 8.01. The molecule has 5 heteroatoms. The van der Waals surface area contributed by atoms with Crippen molar-refractivity contribution < 1.29 is 14.3 Å². The molecule has 23 heavy (non-hydrogen) atoms. The highest BCUT2D eigenvalue weighted by Gasteiger charge is 2.22. The summed E-state index contributed by atoms with van der Waals surface area (Å²) in [4.78, 5) is 17.0. The maximum Gasteiger partial charge on any atom is 0.356 e. The number of hydrogen-bond donors (Lipinski definition) is 0. The minimum atomic E-state index is -0.306. The average Bonchev–Trinajstić information content (AvgIpc) is 2.89. The molecular weight excluding hydrogens is 292 g/mol. The Kier molecular flexibility index (Phi) is 5.79. The van der Waals surface area contributed by atoms with Gasteiger partial charge in [0.25, 0.3) is 0 Å². The molecule has 0 saturated carbocycles. The Morgan fingerprint density at radius 1 is 1.26 bits per heavy atom. The molecule has 1 aromatic carbocycles. The van der Waals surface area contributed by atoms with E-state index in [1.165, 1.54) is 0 Å². The van der Waals surface area contributed by atoms with Gasteiger partial charge in [-0.25, -0.2) is 9.78 Å². The summed E-state index contributed by atoms with van der Waals surface area (Å²) in [7, 11) is 1.64. The predicted octanol–water partition coefficient (Wildman–Crippen LogP) is 3.84. The van der Waals surface area contributed by atoms with Gasteiger partial charge in [-0.2, -0.15) is 0 Å². The van der Waals surface area contributed by atoms with E-state index in [0.717, 1.165) is 30.0 Å². The number of nitrogens with zero attached hydrogens (tertiary/aromatic N) is 2. The summed E-state index contributed by atoms with van der Waals surface area (Å²) in [5, 5.41) is 0. The molecule has 0 aliphatic heterocycles. The van der Waals surface area contributed by atoms with Crippen molar-refractivity contribution in [1.29, 1.82) is 0 Å². The Balaban J connectivity index is 2.49. The van der Waals surface area contributed by atoms with E-state index in [-0.39, 0.29) is 5.97 Å². The van der Waals surface area contributed by atoms with Gasteiger partial charge in [0, 0.05) is 12.1 Å². The minimum Gasteiger partial charge on any atom is -0.497 e. The molecule has 0 fully saturated rings. The summed E-state index contributed by atoms with van der Waals surface area (Å²) in [6, 6.07) is 7.70. The molecule has 0 saturated heterocycles. The molecule has 2 rings (SSSR count). The summed E-state index contributed by atoms with van der Waals surface area (Å²) < 4.78 is 12.5. The van der Waals surface area contributed by atoms with Gasteiger partial charge >= 0.3 is 5.97 Å². The molecule has 0 aliphatic carbocycles. The van der Waals surface area contributed by atoms with Gasteiger partial charge in [-0.3, -0.25) is 0 Å². The number of carbonyl (C=O) groups is 1. The van der Waals surface area contributed by atoms with Crippen molar-refractivity contribution in [2.45, 2.75) is 40.2 Å². The smallest absolute Gasteiger partial charge is 0.356 e. The number of aromatic nitrogens is 2. The van der Waals surface area contributed by atoms with Crippen molar-refractivity contribution in [2.75, 3.05) is 13.7 Å². The van der Waals surface area contributed by atoms with Gasteiger partial charge in [0.15, 0.2) is 5.69 Å². The maximum atomic E-state index is 12.4. The molecule has 2 aromatic rings. The lowest BCUT2D eigenvalue weighted by molar-refractivity contribution is 0.0491. The topological polar surface area (TPSA) is 53.4 Å². The fourth-order valence-corrected chi connectivity index (χ4v) is 2.52. The first kappa shape index (κ1) is 17.1. The summed E-state index contributed by atoms with van der Waals surface area (Å²) >= 11 is 0. The average molecular weight is 316 g/mol. The molecule has 0 radical (unpaired) electrons. The van der Waals surface area contributed by atoms with E-state index < -0.39 is 0 Å². The number of hydrogen-bond acceptors (Lipinski definition) is 4. The van der Waals surface area contributed by atoms with Crippen LogP contribution in [0.4, 0.5) is 0 Å². The largest absolute Gasteiger partial charge is 0.497 e. The first-order valence-electron chi connectivity index (χ1n) is 8.01. The van der Waals surface area contributed by atoms with Crippen LogP contribution >= 0.6 is 0 Å². The Bertz CT molecular complexity index is 677. The Labute approximate surface area is 137 Å². The summed E-state index contributed by atoms with van der Waals surface area (Å²) in [5.74, 6) is 1.23. The molecule has 0 bridgehead atoms. The third-order valence-electron chi connectivity index (χ3n) is 3.55. The third kappa shape index (κ3) is 3.73. The fourth-order valence-electron chi connectivity index (χ4n) is 2.52. The maximum absolute atomic E-state index is 12.4. The number of ether oxygens (including phenoxy) is 2. The van der Waals surface area contributed by atoms with Crippen LogP contribution in [0, 0.1) is 6.92 Å². The summed E-state index contributed by atoms with van der Waals surface area (Å²) in [6.45, 7) is 7.03. The fraction of sp³-hybridized carbons (Fsp3) is 0.444. The predicted molar refractivity (Wildman–Crippen MR) is 89.8 cm³/mol. The van der Waals surface area contributed by atoms with Crippen molar-refractivity contribution in [3.63, 3.8) is 0 Å². The zero-order chi connectivity index (χ0) is 16.8. The SMILES string of the molecule is CCCOC(=O)c1c(C)nc(-c2cccc(OC)c2)n1CCC. The van der Waals surface area contributed by atoms with Crippen LogP contribution in [0.1, 0.15) is 42.9 Å². The van der Waals surface area contributed by atoms with Crippen molar-refractivity contribution in [1.82, 2.24) is 9.55 Å². The van der Waals surface area contributed by atoms with E-state index in [1.807, 2.05) is 42.7 Å². The van der Waals surface area contributed by atoms with Gasteiger partial charge in [-0.1, -0.05) is 26.0 Å². The summed E-state index contributed by atoms with van der Waals surface area (Å²) in [6.07, 6.45) is 1.70. The number of methoxy groups -OCH3 is 1. The number of aryl methyl sites for hydroxylation is 1. The summed E-state index contributed by atoms with van der Waals surface area (Å²) in [5.41, 5.74) is 2.16. The third-order valence-corrected chi connectivity index (χ3v) is 3.55. The quantitative estimate of drug-likeness (QED) is 0.728. The van der Waals surface area contributed by atoms with Crippen LogP contribution in [0.3, 0.4) is 0 Å². The lowest BCUT2D eigenvalue weighted by Gasteiger charge is -2.11. The van der Waals surface area contributed by atoms with E-state index >= 15 is 0 Å². The Hall–Kier alpha value is -2.30. The van der Waals surface area contributed by atoms with Gasteiger partial charge in [0.05, 0.1) is 19.4 Å². The van der Waals surface area contributed by atoms with Crippen LogP contribution in [-0.4, -0.2) is 29.2 Å². The van der Waals surface area contributed by atoms with Crippen LogP contribution in [-0.2, 0) is 11.3 Å². The Morgan fingerprint density at radius 3 is 2.70 bits per heavy atom. The normalized spacial score (nSPS) is 10.6. The number of carbonyl (C=O) groups excluding carboxylic acids is 1.